The van der Waals surface area contributed by atoms with Gasteiger partial charge in [0, 0.05) is 27.8 Å². The Morgan fingerprint density at radius 3 is 2.66 bits per heavy atom. The van der Waals surface area contributed by atoms with E-state index in [1.165, 1.54) is 0 Å². The monoisotopic (exact) mass is 488 g/mol. The second-order valence-corrected chi connectivity index (χ2v) is 9.15. The van der Waals surface area contributed by atoms with Gasteiger partial charge >= 0.3 is 0 Å². The topological polar surface area (TPSA) is 117 Å². The Morgan fingerprint density at radius 2 is 1.91 bits per heavy atom. The fourth-order valence-corrected chi connectivity index (χ4v) is 5.55. The predicted octanol–water partition coefficient (Wildman–Crippen LogP) is 4.36. The maximum Gasteiger partial charge on any atom is 0.256 e. The van der Waals surface area contributed by atoms with E-state index in [2.05, 4.69) is 16.7 Å². The average Bonchev–Trinajstić information content (AvgIpc) is 3.32. The Morgan fingerprint density at radius 1 is 1.17 bits per heavy atom. The van der Waals surface area contributed by atoms with E-state index in [0.717, 1.165) is 5.56 Å². The molecule has 0 aromatic heterocycles. The zero-order valence-electron chi connectivity index (χ0n) is 18.7. The number of nitriles is 1. The Balaban J connectivity index is 1.47. The lowest BCUT2D eigenvalue weighted by molar-refractivity contribution is -0.532. The second kappa shape index (κ2) is 8.69. The SMILES string of the molecule is C[C@@H]1N[C@]2(C(=O)Nc3ccccc32)[C@@H]([N+](=O)[O-])[C@H]1c1ccc(OCc2ccccc2C#N)c(Cl)c1. The molecule has 2 heterocycles. The van der Waals surface area contributed by atoms with Gasteiger partial charge in [-0.2, -0.15) is 5.26 Å². The van der Waals surface area contributed by atoms with Crippen LogP contribution < -0.4 is 15.4 Å². The number of rotatable bonds is 5. The number of carbonyl (C=O) groups is 1. The third-order valence-electron chi connectivity index (χ3n) is 6.83. The molecule has 0 saturated carbocycles. The van der Waals surface area contributed by atoms with Crippen LogP contribution in [-0.2, 0) is 16.9 Å². The fraction of sp³-hybridized carbons (Fsp3) is 0.231. The van der Waals surface area contributed by atoms with Gasteiger partial charge in [-0.3, -0.25) is 20.2 Å². The van der Waals surface area contributed by atoms with Crippen molar-refractivity contribution in [3.8, 4) is 11.8 Å². The molecule has 35 heavy (non-hydrogen) atoms. The molecule has 3 aromatic carbocycles. The lowest BCUT2D eigenvalue weighted by Crippen LogP contribution is -2.54. The van der Waals surface area contributed by atoms with E-state index in [4.69, 9.17) is 16.3 Å². The molecular formula is C26H21ClN4O4. The molecule has 1 amide bonds. The summed E-state index contributed by atoms with van der Waals surface area (Å²) < 4.78 is 5.84. The number of anilines is 1. The molecule has 2 N–H and O–H groups in total. The first-order chi connectivity index (χ1) is 16.9. The van der Waals surface area contributed by atoms with Gasteiger partial charge < -0.3 is 10.1 Å². The zero-order valence-corrected chi connectivity index (χ0v) is 19.5. The van der Waals surface area contributed by atoms with Gasteiger partial charge in [0.2, 0.25) is 0 Å². The number of halogens is 1. The molecule has 9 heteroatoms. The highest BCUT2D eigenvalue weighted by Crippen LogP contribution is 2.50. The lowest BCUT2D eigenvalue weighted by atomic mass is 9.78. The van der Waals surface area contributed by atoms with Crippen LogP contribution in [0.3, 0.4) is 0 Å². The van der Waals surface area contributed by atoms with E-state index in [1.807, 2.05) is 13.0 Å². The first-order valence-electron chi connectivity index (χ1n) is 11.1. The number of hydrogen-bond donors (Lipinski definition) is 2. The normalized spacial score (nSPS) is 24.6. The van der Waals surface area contributed by atoms with Gasteiger partial charge in [0.05, 0.1) is 22.6 Å². The molecule has 0 unspecified atom stereocenters. The number of para-hydroxylation sites is 1. The quantitative estimate of drug-likeness (QED) is 0.407. The second-order valence-electron chi connectivity index (χ2n) is 8.74. The van der Waals surface area contributed by atoms with Crippen molar-refractivity contribution < 1.29 is 14.5 Å². The van der Waals surface area contributed by atoms with Crippen LogP contribution >= 0.6 is 11.6 Å². The molecule has 0 radical (unpaired) electrons. The van der Waals surface area contributed by atoms with Gasteiger partial charge in [0.15, 0.2) is 5.54 Å². The lowest BCUT2D eigenvalue weighted by Gasteiger charge is -2.25. The number of benzene rings is 3. The predicted molar refractivity (Wildman–Crippen MR) is 130 cm³/mol. The van der Waals surface area contributed by atoms with E-state index >= 15 is 0 Å². The Kier molecular flexibility index (Phi) is 5.67. The van der Waals surface area contributed by atoms with Crippen molar-refractivity contribution in [1.82, 2.24) is 5.32 Å². The summed E-state index contributed by atoms with van der Waals surface area (Å²) in [6, 6.07) is 19.7. The molecule has 4 atom stereocenters. The van der Waals surface area contributed by atoms with Gasteiger partial charge in [-0.25, -0.2) is 0 Å². The van der Waals surface area contributed by atoms with Crippen molar-refractivity contribution in [2.75, 3.05) is 5.32 Å². The van der Waals surface area contributed by atoms with Crippen molar-refractivity contribution in [3.63, 3.8) is 0 Å². The summed E-state index contributed by atoms with van der Waals surface area (Å²) in [6.07, 6.45) is 0. The van der Waals surface area contributed by atoms with E-state index in [0.29, 0.717) is 33.1 Å². The van der Waals surface area contributed by atoms with Crippen molar-refractivity contribution in [2.45, 2.75) is 37.1 Å². The maximum absolute atomic E-state index is 13.1. The summed E-state index contributed by atoms with van der Waals surface area (Å²) in [5.74, 6) is -0.650. The van der Waals surface area contributed by atoms with E-state index in [-0.39, 0.29) is 17.6 Å². The minimum atomic E-state index is -1.48. The number of hydrogen-bond acceptors (Lipinski definition) is 6. The van der Waals surface area contributed by atoms with Crippen molar-refractivity contribution in [1.29, 1.82) is 5.26 Å². The molecule has 1 fully saturated rings. The third kappa shape index (κ3) is 3.60. The summed E-state index contributed by atoms with van der Waals surface area (Å²) in [5, 5.41) is 28.0. The average molecular weight is 489 g/mol. The summed E-state index contributed by atoms with van der Waals surface area (Å²) in [4.78, 5) is 25.2. The van der Waals surface area contributed by atoms with Gasteiger partial charge in [-0.05, 0) is 36.8 Å². The standard InChI is InChI=1S/C26H21ClN4O4/c1-15-23(24(31(33)34)26(30-15)19-8-4-5-9-21(19)29-25(26)32)16-10-11-22(20(27)12-16)35-14-18-7-3-2-6-17(18)13-28/h2-12,15,23-24,30H,14H2,1H3,(H,29,32)/t15-,23+,24-,26-/m0/s1. The third-order valence-corrected chi connectivity index (χ3v) is 7.12. The summed E-state index contributed by atoms with van der Waals surface area (Å²) >= 11 is 6.52. The van der Waals surface area contributed by atoms with E-state index in [1.54, 1.807) is 60.7 Å². The molecule has 5 rings (SSSR count). The van der Waals surface area contributed by atoms with Crippen LogP contribution in [0.1, 0.15) is 35.1 Å². The zero-order chi connectivity index (χ0) is 24.7. The molecule has 2 aliphatic heterocycles. The number of amides is 1. The number of carbonyl (C=O) groups excluding carboxylic acids is 1. The van der Waals surface area contributed by atoms with Crippen LogP contribution in [0.5, 0.6) is 5.75 Å². The highest BCUT2D eigenvalue weighted by molar-refractivity contribution is 6.32. The molecule has 0 aliphatic carbocycles. The van der Waals surface area contributed by atoms with Crippen molar-refractivity contribution in [2.24, 2.45) is 0 Å². The van der Waals surface area contributed by atoms with Crippen molar-refractivity contribution >= 4 is 23.2 Å². The van der Waals surface area contributed by atoms with Crippen molar-refractivity contribution in [3.05, 3.63) is 104 Å². The number of nitrogens with one attached hydrogen (secondary N) is 2. The minimum absolute atomic E-state index is 0.155. The Labute approximate surface area is 206 Å². The van der Waals surface area contributed by atoms with Crippen LogP contribution in [0.4, 0.5) is 5.69 Å². The molecular weight excluding hydrogens is 468 g/mol. The maximum atomic E-state index is 13.1. The molecule has 3 aromatic rings. The molecule has 1 spiro atoms. The molecule has 8 nitrogen and oxygen atoms in total. The fourth-order valence-electron chi connectivity index (χ4n) is 5.31. The minimum Gasteiger partial charge on any atom is -0.487 e. The van der Waals surface area contributed by atoms with Crippen LogP contribution in [0, 0.1) is 21.4 Å². The van der Waals surface area contributed by atoms with E-state index in [9.17, 15) is 20.2 Å². The number of fused-ring (bicyclic) bond motifs is 2. The van der Waals surface area contributed by atoms with E-state index < -0.39 is 23.4 Å². The van der Waals surface area contributed by atoms with Crippen LogP contribution in [0.2, 0.25) is 5.02 Å². The largest absolute Gasteiger partial charge is 0.487 e. The highest BCUT2D eigenvalue weighted by Gasteiger charge is 2.67. The first kappa shape index (κ1) is 22.8. The summed E-state index contributed by atoms with van der Waals surface area (Å²) in [6.45, 7) is 1.99. The first-order valence-corrected chi connectivity index (χ1v) is 11.5. The smallest absolute Gasteiger partial charge is 0.256 e. The molecule has 0 bridgehead atoms. The number of ether oxygens (including phenoxy) is 1. The van der Waals surface area contributed by atoms with Crippen LogP contribution in [0.15, 0.2) is 66.7 Å². The van der Waals surface area contributed by atoms with Gasteiger partial charge in [-0.1, -0.05) is 54.1 Å². The molecule has 2 aliphatic rings. The molecule has 1 saturated heterocycles. The van der Waals surface area contributed by atoms with Gasteiger partial charge in [-0.15, -0.1) is 0 Å². The van der Waals surface area contributed by atoms with Crippen LogP contribution in [-0.4, -0.2) is 22.9 Å². The van der Waals surface area contributed by atoms with Crippen LogP contribution in [0.25, 0.3) is 0 Å². The summed E-state index contributed by atoms with van der Waals surface area (Å²) in [5.41, 5.74) is 1.54. The highest BCUT2D eigenvalue weighted by atomic mass is 35.5. The Bertz CT molecular complexity index is 1390. The number of nitro groups is 1. The molecule has 176 valence electrons. The Hall–Kier alpha value is -3.93. The van der Waals surface area contributed by atoms with Gasteiger partial charge in [0.25, 0.3) is 11.9 Å². The summed E-state index contributed by atoms with van der Waals surface area (Å²) in [7, 11) is 0. The number of nitrogens with zero attached hydrogens (tertiary/aromatic N) is 2. The van der Waals surface area contributed by atoms with Gasteiger partial charge in [0.1, 0.15) is 12.4 Å².